The number of likely N-dealkylation sites (tertiary alicyclic amines) is 1. The maximum Gasteiger partial charge on any atom is 0.251 e. The van der Waals surface area contributed by atoms with Crippen molar-refractivity contribution >= 4 is 28.6 Å². The van der Waals surface area contributed by atoms with Crippen molar-refractivity contribution in [3.8, 4) is 0 Å². The van der Waals surface area contributed by atoms with Crippen molar-refractivity contribution in [2.24, 2.45) is 5.92 Å². The van der Waals surface area contributed by atoms with Gasteiger partial charge in [0.1, 0.15) is 0 Å². The van der Waals surface area contributed by atoms with Gasteiger partial charge >= 0.3 is 0 Å². The van der Waals surface area contributed by atoms with Crippen LogP contribution in [0.1, 0.15) is 22.3 Å². The van der Waals surface area contributed by atoms with Crippen LogP contribution < -0.4 is 10.6 Å². The van der Waals surface area contributed by atoms with E-state index in [4.69, 9.17) is 0 Å². The van der Waals surface area contributed by atoms with E-state index >= 15 is 0 Å². The minimum atomic E-state index is -0.354. The number of fused-ring (bicyclic) bond motifs is 1. The molecular formula is C23H24N4O3. The molecule has 2 heterocycles. The number of nitrogens with zero attached hydrogens (tertiary/aromatic N) is 1. The fourth-order valence-corrected chi connectivity index (χ4v) is 3.71. The first-order valence-electron chi connectivity index (χ1n) is 10.0. The summed E-state index contributed by atoms with van der Waals surface area (Å²) in [5.74, 6) is -0.695. The first-order chi connectivity index (χ1) is 14.6. The van der Waals surface area contributed by atoms with E-state index < -0.39 is 0 Å². The first-order valence-corrected chi connectivity index (χ1v) is 10.0. The third kappa shape index (κ3) is 4.51. The minimum absolute atomic E-state index is 0.00699. The predicted molar refractivity (Wildman–Crippen MR) is 114 cm³/mol. The molecule has 0 spiro atoms. The molecule has 2 aromatic carbocycles. The fourth-order valence-electron chi connectivity index (χ4n) is 3.71. The third-order valence-corrected chi connectivity index (χ3v) is 5.33. The molecule has 1 aliphatic heterocycles. The Labute approximate surface area is 174 Å². The number of nitrogens with one attached hydrogen (secondary N) is 3. The Kier molecular flexibility index (Phi) is 5.79. The maximum atomic E-state index is 12.4. The molecule has 1 atom stereocenters. The summed E-state index contributed by atoms with van der Waals surface area (Å²) >= 11 is 0. The van der Waals surface area contributed by atoms with Crippen LogP contribution in [0.4, 0.5) is 0 Å². The molecule has 1 fully saturated rings. The summed E-state index contributed by atoms with van der Waals surface area (Å²) in [4.78, 5) is 41.7. The Bertz CT molecular complexity index is 1060. The van der Waals surface area contributed by atoms with Crippen LogP contribution in [0, 0.1) is 5.92 Å². The lowest BCUT2D eigenvalue weighted by atomic mass is 10.1. The molecule has 7 nitrogen and oxygen atoms in total. The van der Waals surface area contributed by atoms with Crippen LogP contribution >= 0.6 is 0 Å². The summed E-state index contributed by atoms with van der Waals surface area (Å²) < 4.78 is 0. The number of aromatic amines is 1. The van der Waals surface area contributed by atoms with Crippen LogP contribution in [-0.4, -0.2) is 47.2 Å². The number of benzene rings is 2. The van der Waals surface area contributed by atoms with Gasteiger partial charge in [-0.15, -0.1) is 0 Å². The van der Waals surface area contributed by atoms with Gasteiger partial charge in [0.25, 0.3) is 5.91 Å². The molecule has 1 aliphatic rings. The molecule has 3 amide bonds. The van der Waals surface area contributed by atoms with E-state index in [0.717, 1.165) is 16.5 Å². The minimum Gasteiger partial charge on any atom is -0.361 e. The van der Waals surface area contributed by atoms with E-state index in [-0.39, 0.29) is 30.1 Å². The van der Waals surface area contributed by atoms with Crippen molar-refractivity contribution in [3.05, 3.63) is 71.9 Å². The zero-order chi connectivity index (χ0) is 20.9. The van der Waals surface area contributed by atoms with Crippen molar-refractivity contribution < 1.29 is 14.4 Å². The van der Waals surface area contributed by atoms with Gasteiger partial charge in [-0.3, -0.25) is 14.4 Å². The SMILES string of the molecule is O=C(NCCNC(=O)[C@H]1CC(=O)N(Cc2ccccc2)C1)c1ccc2[nH]ccc2c1. The quantitative estimate of drug-likeness (QED) is 0.526. The molecule has 0 radical (unpaired) electrons. The third-order valence-electron chi connectivity index (χ3n) is 5.33. The lowest BCUT2D eigenvalue weighted by molar-refractivity contribution is -0.129. The van der Waals surface area contributed by atoms with E-state index in [9.17, 15) is 14.4 Å². The van der Waals surface area contributed by atoms with Gasteiger partial charge in [-0.2, -0.15) is 0 Å². The van der Waals surface area contributed by atoms with Gasteiger partial charge in [0.15, 0.2) is 0 Å². The number of carbonyl (C=O) groups excluding carboxylic acids is 3. The van der Waals surface area contributed by atoms with Crippen LogP contribution in [0.3, 0.4) is 0 Å². The molecule has 1 aromatic heterocycles. The average molecular weight is 404 g/mol. The molecule has 3 aromatic rings. The van der Waals surface area contributed by atoms with Gasteiger partial charge in [-0.1, -0.05) is 30.3 Å². The Morgan fingerprint density at radius 1 is 1.03 bits per heavy atom. The smallest absolute Gasteiger partial charge is 0.251 e. The first kappa shape index (κ1) is 19.7. The molecular weight excluding hydrogens is 380 g/mol. The van der Waals surface area contributed by atoms with Crippen LogP contribution in [0.5, 0.6) is 0 Å². The van der Waals surface area contributed by atoms with Crippen LogP contribution in [0.2, 0.25) is 0 Å². The van der Waals surface area contributed by atoms with E-state index in [1.807, 2.05) is 54.7 Å². The summed E-state index contributed by atoms with van der Waals surface area (Å²) in [5, 5.41) is 6.61. The van der Waals surface area contributed by atoms with Crippen molar-refractivity contribution in [3.63, 3.8) is 0 Å². The zero-order valence-electron chi connectivity index (χ0n) is 16.6. The molecule has 30 heavy (non-hydrogen) atoms. The molecule has 154 valence electrons. The number of carbonyl (C=O) groups is 3. The van der Waals surface area contributed by atoms with E-state index in [1.165, 1.54) is 0 Å². The lowest BCUT2D eigenvalue weighted by Gasteiger charge is -2.16. The Morgan fingerprint density at radius 3 is 2.67 bits per heavy atom. The van der Waals surface area contributed by atoms with Gasteiger partial charge in [0.2, 0.25) is 11.8 Å². The molecule has 1 saturated heterocycles. The highest BCUT2D eigenvalue weighted by atomic mass is 16.2. The molecule has 7 heteroatoms. The number of H-pyrrole nitrogens is 1. The summed E-state index contributed by atoms with van der Waals surface area (Å²) in [5.41, 5.74) is 2.60. The standard InChI is InChI=1S/C23H24N4O3/c28-21-13-19(15-27(21)14-16-4-2-1-3-5-16)23(30)26-11-10-25-22(29)18-6-7-20-17(12-18)8-9-24-20/h1-9,12,19,24H,10-11,13-15H2,(H,25,29)(H,26,30)/t19-/m0/s1. The summed E-state index contributed by atoms with van der Waals surface area (Å²) in [6, 6.07) is 17.1. The maximum absolute atomic E-state index is 12.4. The second-order valence-corrected chi connectivity index (χ2v) is 7.49. The Hall–Kier alpha value is -3.61. The van der Waals surface area contributed by atoms with Gasteiger partial charge in [-0.05, 0) is 29.8 Å². The van der Waals surface area contributed by atoms with Crippen molar-refractivity contribution in [2.45, 2.75) is 13.0 Å². The lowest BCUT2D eigenvalue weighted by Crippen LogP contribution is -2.38. The molecule has 3 N–H and O–H groups in total. The predicted octanol–water partition coefficient (Wildman–Crippen LogP) is 2.06. The Balaban J connectivity index is 1.21. The number of hydrogen-bond donors (Lipinski definition) is 3. The zero-order valence-corrected chi connectivity index (χ0v) is 16.6. The summed E-state index contributed by atoms with van der Waals surface area (Å²) in [6.07, 6.45) is 2.05. The number of aromatic nitrogens is 1. The monoisotopic (exact) mass is 404 g/mol. The van der Waals surface area contributed by atoms with Crippen molar-refractivity contribution in [2.75, 3.05) is 19.6 Å². The highest BCUT2D eigenvalue weighted by Gasteiger charge is 2.33. The second-order valence-electron chi connectivity index (χ2n) is 7.49. The molecule has 0 aliphatic carbocycles. The fraction of sp³-hybridized carbons (Fsp3) is 0.261. The summed E-state index contributed by atoms with van der Waals surface area (Å²) in [7, 11) is 0. The van der Waals surface area contributed by atoms with Gasteiger partial charge in [-0.25, -0.2) is 0 Å². The number of amides is 3. The van der Waals surface area contributed by atoms with Gasteiger partial charge < -0.3 is 20.5 Å². The molecule has 0 bridgehead atoms. The topological polar surface area (TPSA) is 94.3 Å². The van der Waals surface area contributed by atoms with E-state index in [0.29, 0.717) is 31.7 Å². The van der Waals surface area contributed by atoms with Crippen LogP contribution in [-0.2, 0) is 16.1 Å². The van der Waals surface area contributed by atoms with E-state index in [1.54, 1.807) is 11.0 Å². The highest BCUT2D eigenvalue weighted by Crippen LogP contribution is 2.20. The van der Waals surface area contributed by atoms with Crippen LogP contribution in [0.25, 0.3) is 10.9 Å². The highest BCUT2D eigenvalue weighted by molar-refractivity contribution is 5.98. The van der Waals surface area contributed by atoms with Gasteiger partial charge in [0.05, 0.1) is 5.92 Å². The van der Waals surface area contributed by atoms with E-state index in [2.05, 4.69) is 15.6 Å². The summed E-state index contributed by atoms with van der Waals surface area (Å²) in [6.45, 7) is 1.58. The van der Waals surface area contributed by atoms with Crippen molar-refractivity contribution in [1.82, 2.24) is 20.5 Å². The molecule has 0 unspecified atom stereocenters. The number of rotatable bonds is 7. The largest absolute Gasteiger partial charge is 0.361 e. The molecule has 4 rings (SSSR count). The molecule has 0 saturated carbocycles. The number of hydrogen-bond acceptors (Lipinski definition) is 3. The Morgan fingerprint density at radius 2 is 1.83 bits per heavy atom. The van der Waals surface area contributed by atoms with Gasteiger partial charge in [0, 0.05) is 55.3 Å². The average Bonchev–Trinajstić information content (AvgIpc) is 3.37. The van der Waals surface area contributed by atoms with Crippen molar-refractivity contribution in [1.29, 1.82) is 0 Å². The van der Waals surface area contributed by atoms with Crippen LogP contribution in [0.15, 0.2) is 60.8 Å². The second kappa shape index (κ2) is 8.82. The normalized spacial score (nSPS) is 16.1.